The largest absolute Gasteiger partial charge is 0.492 e. The standard InChI is InChI=1S/C10H10BrNOS/c1-2-13-9-4-6(12)3-7-8(11)5-14-10(7)9/h3-5H,2,12H2,1H3. The molecule has 1 aromatic heterocycles. The second-order valence-corrected chi connectivity index (χ2v) is 4.65. The molecule has 14 heavy (non-hydrogen) atoms. The first-order valence-corrected chi connectivity index (χ1v) is 5.98. The Morgan fingerprint density at radius 2 is 2.29 bits per heavy atom. The molecule has 0 aliphatic heterocycles. The minimum absolute atomic E-state index is 0.661. The van der Waals surface area contributed by atoms with E-state index in [0.717, 1.165) is 26.0 Å². The van der Waals surface area contributed by atoms with Crippen LogP contribution in [0.4, 0.5) is 5.69 Å². The van der Waals surface area contributed by atoms with Gasteiger partial charge in [-0.25, -0.2) is 0 Å². The third-order valence-electron chi connectivity index (χ3n) is 1.91. The number of nitrogen functional groups attached to an aromatic ring is 1. The van der Waals surface area contributed by atoms with E-state index >= 15 is 0 Å². The summed E-state index contributed by atoms with van der Waals surface area (Å²) in [7, 11) is 0. The smallest absolute Gasteiger partial charge is 0.139 e. The molecule has 4 heteroatoms. The van der Waals surface area contributed by atoms with E-state index in [1.54, 1.807) is 11.3 Å². The van der Waals surface area contributed by atoms with Crippen LogP contribution in [0, 0.1) is 0 Å². The van der Waals surface area contributed by atoms with E-state index in [1.165, 1.54) is 0 Å². The molecule has 0 aliphatic rings. The molecule has 2 nitrogen and oxygen atoms in total. The van der Waals surface area contributed by atoms with Gasteiger partial charge in [-0.15, -0.1) is 11.3 Å². The number of halogens is 1. The van der Waals surface area contributed by atoms with E-state index in [-0.39, 0.29) is 0 Å². The second kappa shape index (κ2) is 3.79. The molecule has 0 unspecified atom stereocenters. The fourth-order valence-corrected chi connectivity index (χ4v) is 2.96. The highest BCUT2D eigenvalue weighted by molar-refractivity contribution is 9.10. The lowest BCUT2D eigenvalue weighted by Gasteiger charge is -2.05. The first-order chi connectivity index (χ1) is 6.72. The summed E-state index contributed by atoms with van der Waals surface area (Å²) in [6, 6.07) is 3.83. The number of fused-ring (bicyclic) bond motifs is 1. The monoisotopic (exact) mass is 271 g/mol. The van der Waals surface area contributed by atoms with Gasteiger partial charge in [-0.3, -0.25) is 0 Å². The second-order valence-electron chi connectivity index (χ2n) is 2.91. The Balaban J connectivity index is 2.68. The van der Waals surface area contributed by atoms with Crippen LogP contribution in [0.2, 0.25) is 0 Å². The number of benzene rings is 1. The highest BCUT2D eigenvalue weighted by atomic mass is 79.9. The maximum absolute atomic E-state index is 5.79. The Labute approximate surface area is 94.8 Å². The van der Waals surface area contributed by atoms with Crippen LogP contribution < -0.4 is 10.5 Å². The number of hydrogen-bond acceptors (Lipinski definition) is 3. The molecule has 1 heterocycles. The van der Waals surface area contributed by atoms with Crippen molar-refractivity contribution in [2.45, 2.75) is 6.92 Å². The lowest BCUT2D eigenvalue weighted by Crippen LogP contribution is -1.93. The summed E-state index contributed by atoms with van der Waals surface area (Å²) in [4.78, 5) is 0. The average Bonchev–Trinajstić information content (AvgIpc) is 2.49. The Bertz CT molecular complexity index is 466. The van der Waals surface area contributed by atoms with Crippen LogP contribution in [0.25, 0.3) is 10.1 Å². The van der Waals surface area contributed by atoms with Crippen molar-refractivity contribution in [2.24, 2.45) is 0 Å². The van der Waals surface area contributed by atoms with Crippen LogP contribution in [0.1, 0.15) is 6.92 Å². The van der Waals surface area contributed by atoms with Crippen LogP contribution >= 0.6 is 27.3 Å². The number of rotatable bonds is 2. The molecule has 0 amide bonds. The third kappa shape index (κ3) is 1.60. The zero-order chi connectivity index (χ0) is 10.1. The molecule has 0 spiro atoms. The van der Waals surface area contributed by atoms with Crippen molar-refractivity contribution < 1.29 is 4.74 Å². The highest BCUT2D eigenvalue weighted by Gasteiger charge is 2.08. The van der Waals surface area contributed by atoms with Crippen molar-refractivity contribution in [3.8, 4) is 5.75 Å². The normalized spacial score (nSPS) is 10.7. The molecule has 0 saturated carbocycles. The number of nitrogens with two attached hydrogens (primary N) is 1. The van der Waals surface area contributed by atoms with Crippen LogP contribution in [-0.4, -0.2) is 6.61 Å². The van der Waals surface area contributed by atoms with Gasteiger partial charge in [-0.2, -0.15) is 0 Å². The molecule has 0 aliphatic carbocycles. The van der Waals surface area contributed by atoms with Gasteiger partial charge in [0.25, 0.3) is 0 Å². The van der Waals surface area contributed by atoms with Gasteiger partial charge in [0, 0.05) is 27.0 Å². The Morgan fingerprint density at radius 3 is 3.00 bits per heavy atom. The van der Waals surface area contributed by atoms with Gasteiger partial charge < -0.3 is 10.5 Å². The topological polar surface area (TPSA) is 35.2 Å². The van der Waals surface area contributed by atoms with Crippen molar-refractivity contribution >= 4 is 43.0 Å². The van der Waals surface area contributed by atoms with E-state index in [1.807, 2.05) is 24.4 Å². The van der Waals surface area contributed by atoms with Crippen molar-refractivity contribution in [3.05, 3.63) is 22.0 Å². The summed E-state index contributed by atoms with van der Waals surface area (Å²) in [5.74, 6) is 0.873. The summed E-state index contributed by atoms with van der Waals surface area (Å²) in [5.41, 5.74) is 6.52. The molecule has 0 fully saturated rings. The minimum Gasteiger partial charge on any atom is -0.492 e. The van der Waals surface area contributed by atoms with Crippen molar-refractivity contribution in [1.82, 2.24) is 0 Å². The van der Waals surface area contributed by atoms with E-state index in [2.05, 4.69) is 15.9 Å². The summed E-state index contributed by atoms with van der Waals surface area (Å²) in [5, 5.41) is 3.17. The average molecular weight is 272 g/mol. The van der Waals surface area contributed by atoms with Crippen molar-refractivity contribution in [3.63, 3.8) is 0 Å². The van der Waals surface area contributed by atoms with Gasteiger partial charge in [0.15, 0.2) is 0 Å². The Hall–Kier alpha value is -0.740. The predicted molar refractivity (Wildman–Crippen MR) is 65.1 cm³/mol. The Morgan fingerprint density at radius 1 is 1.50 bits per heavy atom. The molecule has 74 valence electrons. The highest BCUT2D eigenvalue weighted by Crippen LogP contribution is 2.38. The van der Waals surface area contributed by atoms with E-state index < -0.39 is 0 Å². The summed E-state index contributed by atoms with van der Waals surface area (Å²) < 4.78 is 7.74. The molecule has 2 aromatic rings. The van der Waals surface area contributed by atoms with E-state index in [4.69, 9.17) is 10.5 Å². The molecule has 0 radical (unpaired) electrons. The van der Waals surface area contributed by atoms with Gasteiger partial charge in [0.1, 0.15) is 5.75 Å². The molecule has 1 aromatic carbocycles. The van der Waals surface area contributed by atoms with Gasteiger partial charge in [0.05, 0.1) is 11.3 Å². The minimum atomic E-state index is 0.661. The summed E-state index contributed by atoms with van der Waals surface area (Å²) in [6.45, 7) is 2.63. The maximum Gasteiger partial charge on any atom is 0.139 e. The first-order valence-electron chi connectivity index (χ1n) is 4.31. The van der Waals surface area contributed by atoms with Gasteiger partial charge in [0.2, 0.25) is 0 Å². The van der Waals surface area contributed by atoms with Crippen LogP contribution in [0.3, 0.4) is 0 Å². The molecule has 2 rings (SSSR count). The molecular weight excluding hydrogens is 262 g/mol. The van der Waals surface area contributed by atoms with Crippen LogP contribution in [0.5, 0.6) is 5.75 Å². The lowest BCUT2D eigenvalue weighted by molar-refractivity contribution is 0.345. The van der Waals surface area contributed by atoms with E-state index in [9.17, 15) is 0 Å². The molecular formula is C10H10BrNOS. The fourth-order valence-electron chi connectivity index (χ4n) is 1.36. The maximum atomic E-state index is 5.79. The number of thiophene rings is 1. The quantitative estimate of drug-likeness (QED) is 0.847. The summed E-state index contributed by atoms with van der Waals surface area (Å²) in [6.07, 6.45) is 0. The third-order valence-corrected chi connectivity index (χ3v) is 3.88. The zero-order valence-corrected chi connectivity index (χ0v) is 10.1. The SMILES string of the molecule is CCOc1cc(N)cc2c(Br)csc12. The molecule has 0 bridgehead atoms. The van der Waals surface area contributed by atoms with Crippen molar-refractivity contribution in [2.75, 3.05) is 12.3 Å². The predicted octanol–water partition coefficient (Wildman–Crippen LogP) is 3.64. The molecule has 2 N–H and O–H groups in total. The lowest BCUT2D eigenvalue weighted by atomic mass is 10.2. The zero-order valence-electron chi connectivity index (χ0n) is 7.71. The van der Waals surface area contributed by atoms with Crippen LogP contribution in [-0.2, 0) is 0 Å². The van der Waals surface area contributed by atoms with Gasteiger partial charge in [-0.1, -0.05) is 0 Å². The fraction of sp³-hybridized carbons (Fsp3) is 0.200. The molecule has 0 atom stereocenters. The number of anilines is 1. The first kappa shape index (κ1) is 9.80. The van der Waals surface area contributed by atoms with Crippen molar-refractivity contribution in [1.29, 1.82) is 0 Å². The number of ether oxygens (including phenoxy) is 1. The van der Waals surface area contributed by atoms with Crippen LogP contribution in [0.15, 0.2) is 22.0 Å². The Kier molecular flexibility index (Phi) is 2.65. The van der Waals surface area contributed by atoms with E-state index in [0.29, 0.717) is 6.61 Å². The van der Waals surface area contributed by atoms with Gasteiger partial charge in [-0.05, 0) is 28.9 Å². The molecule has 0 saturated heterocycles. The van der Waals surface area contributed by atoms with Gasteiger partial charge >= 0.3 is 0 Å². The summed E-state index contributed by atoms with van der Waals surface area (Å²) >= 11 is 5.15. The number of hydrogen-bond donors (Lipinski definition) is 1.